The molecule has 2 rings (SSSR count). The molecule has 102 valence electrons. The molecule has 0 aromatic carbocycles. The maximum absolute atomic E-state index is 4.53. The van der Waals surface area contributed by atoms with E-state index in [9.17, 15) is 0 Å². The Hall–Kier alpha value is -1.39. The molecule has 2 aromatic rings. The number of thiophene rings is 1. The summed E-state index contributed by atoms with van der Waals surface area (Å²) < 4.78 is 0. The number of nitrogens with one attached hydrogen (secondary N) is 1. The third-order valence-corrected chi connectivity index (χ3v) is 4.63. The predicted molar refractivity (Wildman–Crippen MR) is 82.8 cm³/mol. The van der Waals surface area contributed by atoms with Gasteiger partial charge in [-0.05, 0) is 44.5 Å². The van der Waals surface area contributed by atoms with Gasteiger partial charge in [0, 0.05) is 18.0 Å². The largest absolute Gasteiger partial charge is 0.366 e. The number of rotatable bonds is 5. The van der Waals surface area contributed by atoms with E-state index in [4.69, 9.17) is 0 Å². The van der Waals surface area contributed by atoms with E-state index in [0.29, 0.717) is 6.04 Å². The zero-order valence-electron chi connectivity index (χ0n) is 11.9. The molecule has 0 bridgehead atoms. The Labute approximate surface area is 119 Å². The molecule has 0 radical (unpaired) electrons. The van der Waals surface area contributed by atoms with Crippen LogP contribution in [0, 0.1) is 0 Å². The molecule has 1 N–H and O–H groups in total. The van der Waals surface area contributed by atoms with Gasteiger partial charge in [-0.25, -0.2) is 0 Å². The normalized spacial score (nSPS) is 14.1. The zero-order valence-corrected chi connectivity index (χ0v) is 12.7. The van der Waals surface area contributed by atoms with Crippen LogP contribution >= 0.6 is 11.3 Å². The topological polar surface area (TPSA) is 28.2 Å². The first-order valence-corrected chi connectivity index (χ1v) is 7.41. The highest BCUT2D eigenvalue weighted by Crippen LogP contribution is 2.28. The molecule has 19 heavy (non-hydrogen) atoms. The Morgan fingerprint density at radius 1 is 1.26 bits per heavy atom. The smallest absolute Gasteiger partial charge is 0.0604 e. The van der Waals surface area contributed by atoms with Crippen LogP contribution in [0.5, 0.6) is 0 Å². The van der Waals surface area contributed by atoms with E-state index < -0.39 is 0 Å². The first kappa shape index (κ1) is 14.0. The first-order valence-electron chi connectivity index (χ1n) is 6.53. The van der Waals surface area contributed by atoms with Crippen LogP contribution in [0.3, 0.4) is 0 Å². The van der Waals surface area contributed by atoms with Crippen molar-refractivity contribution in [3.8, 4) is 0 Å². The van der Waals surface area contributed by atoms with Crippen molar-refractivity contribution in [2.45, 2.75) is 25.9 Å². The molecule has 0 fully saturated rings. The zero-order chi connectivity index (χ0) is 13.8. The average Bonchev–Trinajstić information content (AvgIpc) is 2.99. The number of hydrogen-bond donors (Lipinski definition) is 1. The average molecular weight is 275 g/mol. The Morgan fingerprint density at radius 3 is 2.58 bits per heavy atom. The van der Waals surface area contributed by atoms with Gasteiger partial charge in [0.15, 0.2) is 0 Å². The molecular weight excluding hydrogens is 254 g/mol. The van der Waals surface area contributed by atoms with Gasteiger partial charge in [-0.15, -0.1) is 11.3 Å². The van der Waals surface area contributed by atoms with E-state index in [1.807, 2.05) is 13.2 Å². The lowest BCUT2D eigenvalue weighted by Crippen LogP contribution is -2.21. The molecular formula is C15H21N3S. The molecule has 0 aliphatic rings. The summed E-state index contributed by atoms with van der Waals surface area (Å²) in [5, 5.41) is 5.32. The van der Waals surface area contributed by atoms with Gasteiger partial charge in [-0.2, -0.15) is 0 Å². The Morgan fingerprint density at radius 2 is 2.05 bits per heavy atom. The number of hydrogen-bond acceptors (Lipinski definition) is 4. The van der Waals surface area contributed by atoms with E-state index >= 15 is 0 Å². The third kappa shape index (κ3) is 3.14. The molecule has 0 saturated heterocycles. The van der Waals surface area contributed by atoms with Gasteiger partial charge in [0.05, 0.1) is 23.6 Å². The van der Waals surface area contributed by atoms with Crippen molar-refractivity contribution >= 4 is 17.0 Å². The van der Waals surface area contributed by atoms with E-state index in [1.165, 1.54) is 4.88 Å². The molecule has 0 aliphatic heterocycles. The summed E-state index contributed by atoms with van der Waals surface area (Å²) in [4.78, 5) is 8.16. The number of pyridine rings is 1. The second-order valence-electron chi connectivity index (χ2n) is 4.75. The predicted octanol–water partition coefficient (Wildman–Crippen LogP) is 3.62. The van der Waals surface area contributed by atoms with Gasteiger partial charge in [0.2, 0.25) is 0 Å². The van der Waals surface area contributed by atoms with Crippen LogP contribution < -0.4 is 10.2 Å². The first-order chi connectivity index (χ1) is 9.13. The standard InChI is InChI=1S/C15H21N3S/c1-11(16-3)14-8-7-13(10-17-14)18(4)12(2)15-6-5-9-19-15/h5-12,16H,1-4H3. The van der Waals surface area contributed by atoms with Crippen molar-refractivity contribution in [2.75, 3.05) is 19.0 Å². The lowest BCUT2D eigenvalue weighted by molar-refractivity contribution is 0.632. The Bertz CT molecular complexity index is 493. The summed E-state index contributed by atoms with van der Waals surface area (Å²) in [6, 6.07) is 9.16. The van der Waals surface area contributed by atoms with E-state index in [2.05, 4.69) is 65.7 Å². The van der Waals surface area contributed by atoms with Gasteiger partial charge in [-0.1, -0.05) is 6.07 Å². The maximum atomic E-state index is 4.53. The van der Waals surface area contributed by atoms with Crippen LogP contribution in [0.1, 0.15) is 36.5 Å². The third-order valence-electron chi connectivity index (χ3n) is 3.59. The van der Waals surface area contributed by atoms with Crippen LogP contribution in [0.15, 0.2) is 35.8 Å². The Kier molecular flexibility index (Phi) is 4.56. The van der Waals surface area contributed by atoms with Gasteiger partial charge in [0.25, 0.3) is 0 Å². The highest BCUT2D eigenvalue weighted by Gasteiger charge is 2.14. The molecule has 0 spiro atoms. The van der Waals surface area contributed by atoms with E-state index in [-0.39, 0.29) is 6.04 Å². The molecule has 2 unspecified atom stereocenters. The van der Waals surface area contributed by atoms with Crippen LogP contribution in [0.2, 0.25) is 0 Å². The SMILES string of the molecule is CNC(C)c1ccc(N(C)C(C)c2cccs2)cn1. The summed E-state index contributed by atoms with van der Waals surface area (Å²) >= 11 is 1.79. The summed E-state index contributed by atoms with van der Waals surface area (Å²) in [6.45, 7) is 4.33. The number of anilines is 1. The molecule has 2 heterocycles. The second kappa shape index (κ2) is 6.17. The molecule has 4 heteroatoms. The fourth-order valence-corrected chi connectivity index (χ4v) is 2.78. The summed E-state index contributed by atoms with van der Waals surface area (Å²) in [5.41, 5.74) is 2.22. The fourth-order valence-electron chi connectivity index (χ4n) is 1.95. The summed E-state index contributed by atoms with van der Waals surface area (Å²) in [6.07, 6.45) is 1.95. The quantitative estimate of drug-likeness (QED) is 0.903. The molecule has 0 amide bonds. The van der Waals surface area contributed by atoms with Gasteiger partial charge in [0.1, 0.15) is 0 Å². The summed E-state index contributed by atoms with van der Waals surface area (Å²) in [5.74, 6) is 0. The van der Waals surface area contributed by atoms with Crippen LogP contribution in [0.4, 0.5) is 5.69 Å². The molecule has 2 atom stereocenters. The minimum absolute atomic E-state index is 0.286. The van der Waals surface area contributed by atoms with Gasteiger partial charge >= 0.3 is 0 Å². The number of nitrogens with zero attached hydrogens (tertiary/aromatic N) is 2. The van der Waals surface area contributed by atoms with Crippen molar-refractivity contribution in [3.63, 3.8) is 0 Å². The molecule has 3 nitrogen and oxygen atoms in total. The van der Waals surface area contributed by atoms with Crippen molar-refractivity contribution in [1.29, 1.82) is 0 Å². The molecule has 2 aromatic heterocycles. The van der Waals surface area contributed by atoms with E-state index in [1.54, 1.807) is 11.3 Å². The Balaban J connectivity index is 2.13. The minimum atomic E-state index is 0.286. The van der Waals surface area contributed by atoms with Crippen LogP contribution in [0.25, 0.3) is 0 Å². The van der Waals surface area contributed by atoms with Crippen molar-refractivity contribution in [2.24, 2.45) is 0 Å². The lowest BCUT2D eigenvalue weighted by atomic mass is 10.2. The van der Waals surface area contributed by atoms with Crippen LogP contribution in [-0.4, -0.2) is 19.1 Å². The summed E-state index contributed by atoms with van der Waals surface area (Å²) in [7, 11) is 4.06. The van der Waals surface area contributed by atoms with Crippen molar-refractivity contribution in [1.82, 2.24) is 10.3 Å². The fraction of sp³-hybridized carbons (Fsp3) is 0.400. The highest BCUT2D eigenvalue weighted by molar-refractivity contribution is 7.10. The minimum Gasteiger partial charge on any atom is -0.366 e. The van der Waals surface area contributed by atoms with Crippen molar-refractivity contribution in [3.05, 3.63) is 46.4 Å². The monoisotopic (exact) mass is 275 g/mol. The lowest BCUT2D eigenvalue weighted by Gasteiger charge is -2.26. The maximum Gasteiger partial charge on any atom is 0.0604 e. The van der Waals surface area contributed by atoms with Gasteiger partial charge < -0.3 is 10.2 Å². The van der Waals surface area contributed by atoms with Crippen molar-refractivity contribution < 1.29 is 0 Å². The van der Waals surface area contributed by atoms with Crippen LogP contribution in [-0.2, 0) is 0 Å². The second-order valence-corrected chi connectivity index (χ2v) is 5.73. The highest BCUT2D eigenvalue weighted by atomic mass is 32.1. The number of aromatic nitrogens is 1. The molecule has 0 aliphatic carbocycles. The molecule has 0 saturated carbocycles. The van der Waals surface area contributed by atoms with E-state index in [0.717, 1.165) is 11.4 Å². The van der Waals surface area contributed by atoms with Gasteiger partial charge in [-0.3, -0.25) is 4.98 Å².